The largest absolute Gasteiger partial charge is 0.465 e. The van der Waals surface area contributed by atoms with Crippen LogP contribution in [0.2, 0.25) is 0 Å². The van der Waals surface area contributed by atoms with Crippen LogP contribution in [0.5, 0.6) is 0 Å². The summed E-state index contributed by atoms with van der Waals surface area (Å²) < 4.78 is 4.71. The summed E-state index contributed by atoms with van der Waals surface area (Å²) in [5.74, 6) is 0.400. The zero-order valence-corrected chi connectivity index (χ0v) is 12.9. The highest BCUT2D eigenvalue weighted by Gasteiger charge is 2.12. The van der Waals surface area contributed by atoms with E-state index in [2.05, 4.69) is 36.3 Å². The van der Waals surface area contributed by atoms with Gasteiger partial charge in [0, 0.05) is 9.75 Å². The summed E-state index contributed by atoms with van der Waals surface area (Å²) in [5, 5.41) is 3.34. The van der Waals surface area contributed by atoms with Gasteiger partial charge in [-0.25, -0.2) is 9.78 Å². The fraction of sp³-hybridized carbons (Fsp3) is 0.333. The van der Waals surface area contributed by atoms with Gasteiger partial charge in [0.15, 0.2) is 0 Å². The number of nitrogens with one attached hydrogen (secondary N) is 1. The standard InChI is InChI=1S/C15H18N2O2S/c1-9-5-7-13(20-9)11(3)17-14-8-6-12(10(2)16-14)15(18)19-4/h5-8,11H,1-4H3,(H,16,17). The molecule has 2 heterocycles. The van der Waals surface area contributed by atoms with Gasteiger partial charge in [-0.1, -0.05) is 0 Å². The molecule has 0 saturated carbocycles. The van der Waals surface area contributed by atoms with Crippen LogP contribution in [-0.2, 0) is 4.74 Å². The Bertz CT molecular complexity index is 622. The number of ether oxygens (including phenoxy) is 1. The van der Waals surface area contributed by atoms with Crippen molar-refractivity contribution in [2.45, 2.75) is 26.8 Å². The van der Waals surface area contributed by atoms with Gasteiger partial charge in [-0.3, -0.25) is 0 Å². The predicted molar refractivity (Wildman–Crippen MR) is 81.4 cm³/mol. The van der Waals surface area contributed by atoms with Crippen molar-refractivity contribution in [2.75, 3.05) is 12.4 Å². The predicted octanol–water partition coefficient (Wildman–Crippen LogP) is 3.72. The van der Waals surface area contributed by atoms with Crippen LogP contribution in [0, 0.1) is 13.8 Å². The molecule has 2 rings (SSSR count). The lowest BCUT2D eigenvalue weighted by molar-refractivity contribution is 0.0599. The Balaban J connectivity index is 2.14. The van der Waals surface area contributed by atoms with Crippen LogP contribution in [0.3, 0.4) is 0 Å². The highest BCUT2D eigenvalue weighted by atomic mass is 32.1. The Morgan fingerprint density at radius 3 is 2.60 bits per heavy atom. The summed E-state index contributed by atoms with van der Waals surface area (Å²) >= 11 is 1.77. The number of methoxy groups -OCH3 is 1. The molecule has 4 nitrogen and oxygen atoms in total. The van der Waals surface area contributed by atoms with Crippen molar-refractivity contribution < 1.29 is 9.53 Å². The smallest absolute Gasteiger partial charge is 0.339 e. The van der Waals surface area contributed by atoms with Crippen LogP contribution in [0.15, 0.2) is 24.3 Å². The number of hydrogen-bond donors (Lipinski definition) is 1. The number of anilines is 1. The monoisotopic (exact) mass is 290 g/mol. The van der Waals surface area contributed by atoms with Gasteiger partial charge in [0.25, 0.3) is 0 Å². The Hall–Kier alpha value is -1.88. The molecule has 0 aliphatic heterocycles. The number of rotatable bonds is 4. The average molecular weight is 290 g/mol. The van der Waals surface area contributed by atoms with E-state index in [9.17, 15) is 4.79 Å². The maximum atomic E-state index is 11.5. The minimum atomic E-state index is -0.358. The third kappa shape index (κ3) is 3.17. The van der Waals surface area contributed by atoms with Crippen molar-refractivity contribution in [3.63, 3.8) is 0 Å². The molecule has 1 atom stereocenters. The number of esters is 1. The van der Waals surface area contributed by atoms with E-state index in [1.807, 2.05) is 0 Å². The molecule has 0 spiro atoms. The zero-order chi connectivity index (χ0) is 14.7. The van der Waals surface area contributed by atoms with Crippen LogP contribution >= 0.6 is 11.3 Å². The number of thiophene rings is 1. The summed E-state index contributed by atoms with van der Waals surface area (Å²) in [5.41, 5.74) is 1.16. The average Bonchev–Trinajstić information content (AvgIpc) is 2.85. The second-order valence-corrected chi connectivity index (χ2v) is 5.95. The second-order valence-electron chi connectivity index (χ2n) is 4.64. The molecule has 5 heteroatoms. The van der Waals surface area contributed by atoms with Gasteiger partial charge in [-0.2, -0.15) is 0 Å². The lowest BCUT2D eigenvalue weighted by Gasteiger charge is -2.14. The van der Waals surface area contributed by atoms with Gasteiger partial charge < -0.3 is 10.1 Å². The fourth-order valence-corrected chi connectivity index (χ4v) is 2.83. The van der Waals surface area contributed by atoms with E-state index in [4.69, 9.17) is 4.74 Å². The van der Waals surface area contributed by atoms with E-state index in [1.165, 1.54) is 16.9 Å². The van der Waals surface area contributed by atoms with Gasteiger partial charge in [-0.15, -0.1) is 11.3 Å². The van der Waals surface area contributed by atoms with Crippen LogP contribution < -0.4 is 5.32 Å². The van der Waals surface area contributed by atoms with E-state index in [0.717, 1.165) is 5.82 Å². The summed E-state index contributed by atoms with van der Waals surface area (Å²) in [6, 6.07) is 7.95. The molecule has 2 aromatic rings. The van der Waals surface area contributed by atoms with Crippen molar-refractivity contribution in [3.8, 4) is 0 Å². The van der Waals surface area contributed by atoms with E-state index in [-0.39, 0.29) is 12.0 Å². The van der Waals surface area contributed by atoms with Crippen molar-refractivity contribution >= 4 is 23.1 Å². The molecule has 2 aromatic heterocycles. The quantitative estimate of drug-likeness (QED) is 0.872. The number of aromatic nitrogens is 1. The van der Waals surface area contributed by atoms with Gasteiger partial charge in [0.05, 0.1) is 24.4 Å². The zero-order valence-electron chi connectivity index (χ0n) is 12.1. The van der Waals surface area contributed by atoms with Crippen LogP contribution in [-0.4, -0.2) is 18.1 Å². The Morgan fingerprint density at radius 1 is 1.30 bits per heavy atom. The molecule has 0 aliphatic carbocycles. The summed E-state index contributed by atoms with van der Waals surface area (Å²) in [6.45, 7) is 5.99. The SMILES string of the molecule is COC(=O)c1ccc(NC(C)c2ccc(C)s2)nc1C. The van der Waals surface area contributed by atoms with Gasteiger partial charge in [0.2, 0.25) is 0 Å². The topological polar surface area (TPSA) is 51.2 Å². The summed E-state index contributed by atoms with van der Waals surface area (Å²) in [6.07, 6.45) is 0. The van der Waals surface area contributed by atoms with Crippen molar-refractivity contribution in [1.82, 2.24) is 4.98 Å². The van der Waals surface area contributed by atoms with Crippen molar-refractivity contribution in [2.24, 2.45) is 0 Å². The third-order valence-electron chi connectivity index (χ3n) is 3.04. The first-order valence-corrected chi connectivity index (χ1v) is 7.21. The van der Waals surface area contributed by atoms with E-state index in [1.54, 1.807) is 30.4 Å². The maximum Gasteiger partial charge on any atom is 0.339 e. The first-order chi connectivity index (χ1) is 9.51. The number of pyridine rings is 1. The summed E-state index contributed by atoms with van der Waals surface area (Å²) in [4.78, 5) is 18.5. The van der Waals surface area contributed by atoms with Crippen molar-refractivity contribution in [1.29, 1.82) is 0 Å². The minimum absolute atomic E-state index is 0.185. The molecule has 106 valence electrons. The van der Waals surface area contributed by atoms with Gasteiger partial charge >= 0.3 is 5.97 Å². The molecule has 0 amide bonds. The summed E-state index contributed by atoms with van der Waals surface area (Å²) in [7, 11) is 1.37. The normalized spacial score (nSPS) is 12.0. The number of carbonyl (C=O) groups excluding carboxylic acids is 1. The second kappa shape index (κ2) is 6.05. The van der Waals surface area contributed by atoms with E-state index >= 15 is 0 Å². The van der Waals surface area contributed by atoms with Crippen LogP contribution in [0.25, 0.3) is 0 Å². The van der Waals surface area contributed by atoms with E-state index < -0.39 is 0 Å². The first-order valence-electron chi connectivity index (χ1n) is 6.40. The number of nitrogens with zero attached hydrogens (tertiary/aromatic N) is 1. The molecule has 0 bridgehead atoms. The highest BCUT2D eigenvalue weighted by Crippen LogP contribution is 2.25. The highest BCUT2D eigenvalue weighted by molar-refractivity contribution is 7.12. The number of carbonyl (C=O) groups is 1. The van der Waals surface area contributed by atoms with Gasteiger partial charge in [0.1, 0.15) is 5.82 Å². The molecule has 1 unspecified atom stereocenters. The van der Waals surface area contributed by atoms with Crippen LogP contribution in [0.4, 0.5) is 5.82 Å². The molecular formula is C15H18N2O2S. The molecule has 0 radical (unpaired) electrons. The molecule has 0 aliphatic rings. The van der Waals surface area contributed by atoms with Crippen LogP contribution in [0.1, 0.15) is 38.8 Å². The minimum Gasteiger partial charge on any atom is -0.465 e. The Kier molecular flexibility index (Phi) is 4.39. The molecule has 0 saturated heterocycles. The maximum absolute atomic E-state index is 11.5. The first kappa shape index (κ1) is 14.5. The van der Waals surface area contributed by atoms with Gasteiger partial charge in [-0.05, 0) is 45.0 Å². The number of hydrogen-bond acceptors (Lipinski definition) is 5. The lowest BCUT2D eigenvalue weighted by Crippen LogP contribution is -2.10. The lowest BCUT2D eigenvalue weighted by atomic mass is 10.2. The fourth-order valence-electron chi connectivity index (χ4n) is 1.95. The number of aryl methyl sites for hydroxylation is 2. The van der Waals surface area contributed by atoms with E-state index in [0.29, 0.717) is 11.3 Å². The Labute approximate surface area is 122 Å². The molecule has 20 heavy (non-hydrogen) atoms. The molecule has 0 aromatic carbocycles. The Morgan fingerprint density at radius 2 is 2.05 bits per heavy atom. The molecule has 0 fully saturated rings. The third-order valence-corrected chi connectivity index (χ3v) is 4.23. The molecule has 1 N–H and O–H groups in total. The molecular weight excluding hydrogens is 272 g/mol. The van der Waals surface area contributed by atoms with Crippen molar-refractivity contribution in [3.05, 3.63) is 45.3 Å².